The summed E-state index contributed by atoms with van der Waals surface area (Å²) in [4.78, 5) is 17.7. The number of carbonyl (C=O) groups excluding carboxylic acids is 1. The third kappa shape index (κ3) is 7.95. The molecular formula is C24H31FN6O2. The lowest BCUT2D eigenvalue weighted by Gasteiger charge is -2.36. The van der Waals surface area contributed by atoms with Gasteiger partial charge in [0.15, 0.2) is 5.96 Å². The molecule has 0 saturated carbocycles. The summed E-state index contributed by atoms with van der Waals surface area (Å²) in [6.07, 6.45) is 5.88. The van der Waals surface area contributed by atoms with Gasteiger partial charge in [0.05, 0.1) is 6.04 Å². The number of nitrogens with two attached hydrogens (primary N) is 2. The molecule has 0 aliphatic carbocycles. The number of rotatable bonds is 6. The van der Waals surface area contributed by atoms with E-state index in [2.05, 4.69) is 46.6 Å². The molecule has 33 heavy (non-hydrogen) atoms. The first kappa shape index (κ1) is 25.4. The van der Waals surface area contributed by atoms with Crippen LogP contribution >= 0.6 is 0 Å². The molecule has 9 heteroatoms. The third-order valence-electron chi connectivity index (χ3n) is 4.94. The van der Waals surface area contributed by atoms with Crippen LogP contribution in [0.3, 0.4) is 0 Å². The van der Waals surface area contributed by atoms with Crippen LogP contribution in [-0.2, 0) is 16.1 Å². The zero-order chi connectivity index (χ0) is 24.5. The Labute approximate surface area is 193 Å². The fourth-order valence-electron chi connectivity index (χ4n) is 3.37. The molecule has 2 unspecified atom stereocenters. The predicted molar refractivity (Wildman–Crippen MR) is 127 cm³/mol. The van der Waals surface area contributed by atoms with Gasteiger partial charge < -0.3 is 26.4 Å². The maximum absolute atomic E-state index is 13.1. The number of nitrogens with zero attached hydrogens (tertiary/aromatic N) is 2. The lowest BCUT2D eigenvalue weighted by atomic mass is 10.0. The van der Waals surface area contributed by atoms with Gasteiger partial charge in [0.2, 0.25) is 5.91 Å². The summed E-state index contributed by atoms with van der Waals surface area (Å²) in [5.74, 6) is 0.584. The minimum Gasteiger partial charge on any atom is -0.487 e. The van der Waals surface area contributed by atoms with Crippen molar-refractivity contribution in [3.63, 3.8) is 0 Å². The second-order valence-electron chi connectivity index (χ2n) is 7.73. The molecule has 3 rings (SSSR count). The standard InChI is InChI=1S/C23H26FN3O2.CH5N3/c1-15-11-16(2)27(13-22(15)29-14-19-5-7-21(24)8-6-19)17(3)20-9-10-25-23(12-20)26-18(4)28;2-1(3)4/h5-13,16-17H,14H2,1-4H3,(H,25,26,28);(H5,2,3,4). The van der Waals surface area contributed by atoms with Crippen LogP contribution in [0.5, 0.6) is 0 Å². The smallest absolute Gasteiger partial charge is 0.222 e. The summed E-state index contributed by atoms with van der Waals surface area (Å²) in [5.41, 5.74) is 12.0. The van der Waals surface area contributed by atoms with Gasteiger partial charge in [-0.15, -0.1) is 0 Å². The Morgan fingerprint density at radius 3 is 2.55 bits per heavy atom. The van der Waals surface area contributed by atoms with E-state index in [1.54, 1.807) is 18.3 Å². The van der Waals surface area contributed by atoms with Crippen LogP contribution in [0, 0.1) is 11.2 Å². The van der Waals surface area contributed by atoms with E-state index in [-0.39, 0.29) is 29.8 Å². The zero-order valence-electron chi connectivity index (χ0n) is 19.3. The highest BCUT2D eigenvalue weighted by Gasteiger charge is 2.23. The van der Waals surface area contributed by atoms with Gasteiger partial charge in [-0.25, -0.2) is 9.37 Å². The number of allylic oxidation sites excluding steroid dienone is 1. The van der Waals surface area contributed by atoms with Gasteiger partial charge in [0, 0.05) is 25.4 Å². The Balaban J connectivity index is 0.000000890. The largest absolute Gasteiger partial charge is 0.487 e. The molecule has 2 atom stereocenters. The van der Waals surface area contributed by atoms with Crippen molar-refractivity contribution < 1.29 is 13.9 Å². The fraction of sp³-hybridized carbons (Fsp3) is 0.292. The Hall–Kier alpha value is -3.88. The zero-order valence-corrected chi connectivity index (χ0v) is 19.3. The average Bonchev–Trinajstić information content (AvgIpc) is 2.73. The Morgan fingerprint density at radius 1 is 1.30 bits per heavy atom. The van der Waals surface area contributed by atoms with E-state index in [4.69, 9.17) is 10.1 Å². The van der Waals surface area contributed by atoms with Gasteiger partial charge in [-0.05, 0) is 61.7 Å². The maximum Gasteiger partial charge on any atom is 0.222 e. The SMILES string of the molecule is CC(=O)Nc1cc(C(C)N2C=C(OCc3ccc(F)cc3)C(C)=CC2C)ccn1.N=C(N)N. The molecule has 0 saturated heterocycles. The summed E-state index contributed by atoms with van der Waals surface area (Å²) in [5, 5.41) is 8.78. The first-order chi connectivity index (χ1) is 15.6. The van der Waals surface area contributed by atoms with Gasteiger partial charge in [-0.1, -0.05) is 18.2 Å². The fourth-order valence-corrected chi connectivity index (χ4v) is 3.37. The summed E-state index contributed by atoms with van der Waals surface area (Å²) < 4.78 is 19.1. The van der Waals surface area contributed by atoms with Gasteiger partial charge in [-0.3, -0.25) is 10.2 Å². The van der Waals surface area contributed by atoms with Crippen molar-refractivity contribution in [2.24, 2.45) is 11.5 Å². The minimum absolute atomic E-state index is 0.0503. The molecule has 0 bridgehead atoms. The Kier molecular flexibility index (Phi) is 8.97. The van der Waals surface area contributed by atoms with Crippen molar-refractivity contribution in [3.8, 4) is 0 Å². The number of halogens is 1. The molecule has 0 radical (unpaired) electrons. The second kappa shape index (κ2) is 11.7. The Bertz CT molecular complexity index is 1030. The molecule has 176 valence electrons. The molecule has 2 heterocycles. The number of ether oxygens (including phenoxy) is 1. The normalized spacial score (nSPS) is 15.9. The molecule has 1 amide bonds. The van der Waals surface area contributed by atoms with Crippen LogP contribution in [0.25, 0.3) is 0 Å². The molecule has 6 N–H and O–H groups in total. The van der Waals surface area contributed by atoms with Crippen molar-refractivity contribution in [1.82, 2.24) is 9.88 Å². The van der Waals surface area contributed by atoms with E-state index in [9.17, 15) is 9.18 Å². The molecule has 0 fully saturated rings. The van der Waals surface area contributed by atoms with Crippen molar-refractivity contribution in [1.29, 1.82) is 5.41 Å². The highest BCUT2D eigenvalue weighted by Crippen LogP contribution is 2.31. The van der Waals surface area contributed by atoms with Crippen LogP contribution in [-0.4, -0.2) is 27.8 Å². The maximum atomic E-state index is 13.1. The van der Waals surface area contributed by atoms with Gasteiger partial charge in [0.1, 0.15) is 24.0 Å². The lowest BCUT2D eigenvalue weighted by molar-refractivity contribution is -0.114. The summed E-state index contributed by atoms with van der Waals surface area (Å²) in [6.45, 7) is 8.09. The first-order valence-electron chi connectivity index (χ1n) is 10.4. The predicted octanol–water partition coefficient (Wildman–Crippen LogP) is 3.79. The number of amides is 1. The van der Waals surface area contributed by atoms with Crippen LogP contribution in [0.4, 0.5) is 10.2 Å². The lowest BCUT2D eigenvalue weighted by Crippen LogP contribution is -2.32. The van der Waals surface area contributed by atoms with Crippen LogP contribution in [0.15, 0.2) is 66.2 Å². The molecule has 1 aliphatic rings. The van der Waals surface area contributed by atoms with Crippen LogP contribution < -0.4 is 16.8 Å². The number of guanidine groups is 1. The number of pyridine rings is 1. The minimum atomic E-state index is -0.333. The van der Waals surface area contributed by atoms with Gasteiger partial charge in [-0.2, -0.15) is 0 Å². The number of aromatic nitrogens is 1. The summed E-state index contributed by atoms with van der Waals surface area (Å²) >= 11 is 0. The average molecular weight is 455 g/mol. The monoisotopic (exact) mass is 454 g/mol. The van der Waals surface area contributed by atoms with E-state index in [0.717, 1.165) is 22.5 Å². The summed E-state index contributed by atoms with van der Waals surface area (Å²) in [7, 11) is 0. The number of hydrogen-bond donors (Lipinski definition) is 4. The molecular weight excluding hydrogens is 423 g/mol. The molecule has 1 aromatic carbocycles. The van der Waals surface area contributed by atoms with Crippen LogP contribution in [0.1, 0.15) is 44.9 Å². The quantitative estimate of drug-likeness (QED) is 0.388. The number of carbonyl (C=O) groups is 1. The van der Waals surface area contributed by atoms with Crippen molar-refractivity contribution in [3.05, 3.63) is 83.1 Å². The molecule has 1 aliphatic heterocycles. The van der Waals surface area contributed by atoms with Crippen molar-refractivity contribution in [2.75, 3.05) is 5.32 Å². The molecule has 0 spiro atoms. The number of hydrogen-bond acceptors (Lipinski definition) is 5. The van der Waals surface area contributed by atoms with E-state index >= 15 is 0 Å². The van der Waals surface area contributed by atoms with E-state index in [0.29, 0.717) is 12.4 Å². The molecule has 8 nitrogen and oxygen atoms in total. The van der Waals surface area contributed by atoms with E-state index in [1.165, 1.54) is 19.1 Å². The molecule has 2 aromatic rings. The number of anilines is 1. The Morgan fingerprint density at radius 2 is 1.94 bits per heavy atom. The summed E-state index contributed by atoms with van der Waals surface area (Å²) in [6, 6.07) is 10.4. The van der Waals surface area contributed by atoms with E-state index in [1.807, 2.05) is 25.3 Å². The first-order valence-corrected chi connectivity index (χ1v) is 10.4. The second-order valence-corrected chi connectivity index (χ2v) is 7.73. The number of benzene rings is 1. The highest BCUT2D eigenvalue weighted by molar-refractivity contribution is 5.87. The van der Waals surface area contributed by atoms with E-state index < -0.39 is 0 Å². The van der Waals surface area contributed by atoms with Gasteiger partial charge >= 0.3 is 0 Å². The molecule has 1 aromatic heterocycles. The third-order valence-corrected chi connectivity index (χ3v) is 4.94. The van der Waals surface area contributed by atoms with Crippen molar-refractivity contribution in [2.45, 2.75) is 46.4 Å². The number of nitrogens with one attached hydrogen (secondary N) is 2. The van der Waals surface area contributed by atoms with Crippen molar-refractivity contribution >= 4 is 17.7 Å². The topological polar surface area (TPSA) is 130 Å². The highest BCUT2D eigenvalue weighted by atomic mass is 19.1. The van der Waals surface area contributed by atoms with Crippen LogP contribution in [0.2, 0.25) is 0 Å². The van der Waals surface area contributed by atoms with Gasteiger partial charge in [0.25, 0.3) is 0 Å².